The number of pyridine rings is 1. The smallest absolute Gasteiger partial charge is 0.199 e. The lowest BCUT2D eigenvalue weighted by molar-refractivity contribution is 1.15. The Morgan fingerprint density at radius 2 is 1.90 bits per heavy atom. The van der Waals surface area contributed by atoms with Gasteiger partial charge < -0.3 is 5.32 Å². The van der Waals surface area contributed by atoms with Crippen molar-refractivity contribution in [3.8, 4) is 0 Å². The van der Waals surface area contributed by atoms with Crippen molar-refractivity contribution in [2.45, 2.75) is 20.8 Å². The molecular formula is C16H16N2OS. The lowest BCUT2D eigenvalue weighted by Gasteiger charge is -2.10. The normalized spacial score (nSPS) is 11.2. The van der Waals surface area contributed by atoms with E-state index in [9.17, 15) is 4.79 Å². The molecule has 20 heavy (non-hydrogen) atoms. The second kappa shape index (κ2) is 4.56. The number of benzene rings is 1. The van der Waals surface area contributed by atoms with Crippen molar-refractivity contribution in [2.24, 2.45) is 0 Å². The van der Waals surface area contributed by atoms with Crippen LogP contribution in [0.2, 0.25) is 0 Å². The van der Waals surface area contributed by atoms with Gasteiger partial charge in [-0.25, -0.2) is 0 Å². The van der Waals surface area contributed by atoms with Crippen molar-refractivity contribution < 1.29 is 0 Å². The molecule has 2 aromatic heterocycles. The van der Waals surface area contributed by atoms with Crippen LogP contribution in [0.25, 0.3) is 20.2 Å². The third-order valence-corrected chi connectivity index (χ3v) is 4.85. The van der Waals surface area contributed by atoms with Gasteiger partial charge in [-0.2, -0.15) is 0 Å². The Hall–Kier alpha value is -1.94. The maximum atomic E-state index is 12.9. The molecule has 3 rings (SSSR count). The molecular weight excluding hydrogens is 268 g/mol. The zero-order chi connectivity index (χ0) is 14.4. The highest BCUT2D eigenvalue weighted by Crippen LogP contribution is 2.32. The number of nitrogens with zero attached hydrogens (tertiary/aromatic N) is 1. The van der Waals surface area contributed by atoms with E-state index >= 15 is 0 Å². The van der Waals surface area contributed by atoms with Crippen LogP contribution in [-0.2, 0) is 0 Å². The van der Waals surface area contributed by atoms with Crippen LogP contribution in [0.5, 0.6) is 0 Å². The first-order valence-electron chi connectivity index (χ1n) is 6.55. The summed E-state index contributed by atoms with van der Waals surface area (Å²) < 4.78 is 2.07. The molecule has 0 aliphatic heterocycles. The first-order chi connectivity index (χ1) is 9.52. The lowest BCUT2D eigenvalue weighted by Crippen LogP contribution is -2.07. The number of hydrogen-bond donors (Lipinski definition) is 1. The molecule has 3 nitrogen and oxygen atoms in total. The maximum Gasteiger partial charge on any atom is 0.199 e. The minimum absolute atomic E-state index is 0.0757. The molecule has 1 N–H and O–H groups in total. The number of aryl methyl sites for hydroxylation is 3. The Kier molecular flexibility index (Phi) is 2.98. The highest BCUT2D eigenvalue weighted by atomic mass is 32.1. The number of hydrogen-bond acceptors (Lipinski definition) is 4. The Labute approximate surface area is 121 Å². The van der Waals surface area contributed by atoms with Crippen LogP contribution in [0.15, 0.2) is 23.0 Å². The van der Waals surface area contributed by atoms with Crippen molar-refractivity contribution >= 4 is 37.2 Å². The van der Waals surface area contributed by atoms with Crippen molar-refractivity contribution in [1.82, 2.24) is 4.98 Å². The second-order valence-corrected chi connectivity index (χ2v) is 6.09. The summed E-state index contributed by atoms with van der Waals surface area (Å²) in [5.41, 5.74) is 3.86. The zero-order valence-electron chi connectivity index (χ0n) is 12.0. The fourth-order valence-corrected chi connectivity index (χ4v) is 3.96. The predicted octanol–water partition coefficient (Wildman–Crippen LogP) is 3.78. The molecule has 0 unspecified atom stereocenters. The van der Waals surface area contributed by atoms with Crippen molar-refractivity contribution in [3.05, 3.63) is 45.4 Å². The molecule has 0 aliphatic rings. The van der Waals surface area contributed by atoms with Gasteiger partial charge in [-0.1, -0.05) is 6.07 Å². The molecule has 1 aromatic carbocycles. The van der Waals surface area contributed by atoms with Crippen LogP contribution in [0, 0.1) is 20.8 Å². The summed E-state index contributed by atoms with van der Waals surface area (Å²) in [5, 5.41) is 4.64. The molecule has 4 heteroatoms. The molecule has 0 aliphatic carbocycles. The first-order valence-corrected chi connectivity index (χ1v) is 7.36. The lowest BCUT2D eigenvalue weighted by atomic mass is 10.1. The van der Waals surface area contributed by atoms with Crippen LogP contribution in [0.4, 0.5) is 5.69 Å². The molecule has 2 heterocycles. The van der Waals surface area contributed by atoms with Gasteiger partial charge in [-0.3, -0.25) is 9.78 Å². The number of anilines is 1. The average Bonchev–Trinajstić information content (AvgIpc) is 2.39. The largest absolute Gasteiger partial charge is 0.387 e. The van der Waals surface area contributed by atoms with Gasteiger partial charge in [0.15, 0.2) is 5.43 Å². The van der Waals surface area contributed by atoms with Gasteiger partial charge in [0, 0.05) is 27.8 Å². The van der Waals surface area contributed by atoms with E-state index in [1.807, 2.05) is 40.0 Å². The van der Waals surface area contributed by atoms with Gasteiger partial charge in [0.05, 0.1) is 16.5 Å². The predicted molar refractivity (Wildman–Crippen MR) is 87.2 cm³/mol. The van der Waals surface area contributed by atoms with E-state index in [0.717, 1.165) is 42.8 Å². The zero-order valence-corrected chi connectivity index (χ0v) is 12.8. The molecule has 0 amide bonds. The highest BCUT2D eigenvalue weighted by Gasteiger charge is 2.13. The maximum absolute atomic E-state index is 12.9. The third-order valence-electron chi connectivity index (χ3n) is 3.58. The summed E-state index contributed by atoms with van der Waals surface area (Å²) in [6, 6.07) is 6.02. The van der Waals surface area contributed by atoms with E-state index in [1.165, 1.54) is 0 Å². The number of nitrogens with one attached hydrogen (secondary N) is 1. The van der Waals surface area contributed by atoms with Gasteiger partial charge in [0.25, 0.3) is 0 Å². The van der Waals surface area contributed by atoms with Crippen molar-refractivity contribution in [1.29, 1.82) is 0 Å². The molecule has 3 aromatic rings. The van der Waals surface area contributed by atoms with Gasteiger partial charge in [-0.05, 0) is 38.5 Å². The molecule has 0 saturated carbocycles. The van der Waals surface area contributed by atoms with Crippen LogP contribution < -0.4 is 10.7 Å². The van der Waals surface area contributed by atoms with E-state index in [-0.39, 0.29) is 5.43 Å². The molecule has 0 atom stereocenters. The Balaban J connectivity index is 2.65. The van der Waals surface area contributed by atoms with Gasteiger partial charge in [0.1, 0.15) is 0 Å². The van der Waals surface area contributed by atoms with E-state index < -0.39 is 0 Å². The quantitative estimate of drug-likeness (QED) is 0.691. The van der Waals surface area contributed by atoms with Crippen LogP contribution in [0.3, 0.4) is 0 Å². The van der Waals surface area contributed by atoms with Gasteiger partial charge >= 0.3 is 0 Å². The fraction of sp³-hybridized carbons (Fsp3) is 0.250. The summed E-state index contributed by atoms with van der Waals surface area (Å²) >= 11 is 1.67. The number of rotatable bonds is 1. The monoisotopic (exact) mass is 284 g/mol. The van der Waals surface area contributed by atoms with Crippen LogP contribution in [-0.4, -0.2) is 12.0 Å². The standard InChI is InChI=1S/C16H16N2OS/c1-8-5-6-11(17-4)14-15(19)13-10(3)18-9(2)7-12(13)20-16(8)14/h5-7,17H,1-4H3. The van der Waals surface area contributed by atoms with Crippen molar-refractivity contribution in [3.63, 3.8) is 0 Å². The van der Waals surface area contributed by atoms with Crippen LogP contribution >= 0.6 is 11.3 Å². The molecule has 0 spiro atoms. The Bertz CT molecular complexity index is 896. The molecule has 0 bridgehead atoms. The van der Waals surface area contributed by atoms with E-state index in [1.54, 1.807) is 11.3 Å². The van der Waals surface area contributed by atoms with E-state index in [2.05, 4.69) is 16.4 Å². The van der Waals surface area contributed by atoms with Crippen LogP contribution in [0.1, 0.15) is 17.0 Å². The number of fused-ring (bicyclic) bond motifs is 2. The van der Waals surface area contributed by atoms with Gasteiger partial charge in [-0.15, -0.1) is 11.3 Å². The highest BCUT2D eigenvalue weighted by molar-refractivity contribution is 7.24. The topological polar surface area (TPSA) is 42.0 Å². The van der Waals surface area contributed by atoms with Gasteiger partial charge in [0.2, 0.25) is 0 Å². The number of aromatic nitrogens is 1. The molecule has 0 fully saturated rings. The molecule has 0 radical (unpaired) electrons. The Morgan fingerprint density at radius 3 is 2.60 bits per heavy atom. The fourth-order valence-electron chi connectivity index (χ4n) is 2.64. The minimum Gasteiger partial charge on any atom is -0.387 e. The van der Waals surface area contributed by atoms with Crippen molar-refractivity contribution in [2.75, 3.05) is 12.4 Å². The summed E-state index contributed by atoms with van der Waals surface area (Å²) in [4.78, 5) is 17.3. The second-order valence-electron chi connectivity index (χ2n) is 5.04. The average molecular weight is 284 g/mol. The van der Waals surface area contributed by atoms with E-state index in [0.29, 0.717) is 0 Å². The first kappa shape index (κ1) is 13.1. The third kappa shape index (κ3) is 1.79. The summed E-state index contributed by atoms with van der Waals surface area (Å²) in [6.45, 7) is 5.92. The Morgan fingerprint density at radius 1 is 1.15 bits per heavy atom. The molecule has 102 valence electrons. The summed E-state index contributed by atoms with van der Waals surface area (Å²) in [5.74, 6) is 0. The minimum atomic E-state index is 0.0757. The summed E-state index contributed by atoms with van der Waals surface area (Å²) in [6.07, 6.45) is 0. The van der Waals surface area contributed by atoms with E-state index in [4.69, 9.17) is 0 Å². The SMILES string of the molecule is CNc1ccc(C)c2sc3cc(C)nc(C)c3c(=O)c12. The molecule has 0 saturated heterocycles. The summed E-state index contributed by atoms with van der Waals surface area (Å²) in [7, 11) is 1.85.